The third kappa shape index (κ3) is 3.54. The molecule has 0 fully saturated rings. The summed E-state index contributed by atoms with van der Waals surface area (Å²) in [5, 5.41) is 7.51. The number of nitrogens with zero attached hydrogens (tertiary/aromatic N) is 2. The number of pyridine rings is 1. The average molecular weight is 290 g/mol. The lowest BCUT2D eigenvalue weighted by Gasteiger charge is -2.08. The first-order valence-electron chi connectivity index (χ1n) is 6.51. The Bertz CT molecular complexity index is 609. The minimum absolute atomic E-state index is 0.220. The van der Waals surface area contributed by atoms with Gasteiger partial charge in [-0.1, -0.05) is 13.0 Å². The van der Waals surface area contributed by atoms with E-state index in [4.69, 9.17) is 0 Å². The van der Waals surface area contributed by atoms with Gasteiger partial charge in [0.05, 0.1) is 10.7 Å². The summed E-state index contributed by atoms with van der Waals surface area (Å²) in [7, 11) is 0. The first-order chi connectivity index (χ1) is 9.60. The van der Waals surface area contributed by atoms with E-state index >= 15 is 0 Å². The van der Waals surface area contributed by atoms with Crippen LogP contribution in [-0.2, 0) is 13.0 Å². The van der Waals surface area contributed by atoms with Gasteiger partial charge in [-0.05, 0) is 31.9 Å². The van der Waals surface area contributed by atoms with E-state index in [1.54, 1.807) is 6.20 Å². The number of amides is 2. The van der Waals surface area contributed by atoms with Gasteiger partial charge in [-0.3, -0.25) is 10.3 Å². The van der Waals surface area contributed by atoms with Gasteiger partial charge in [-0.2, -0.15) is 0 Å². The number of hydrogen-bond acceptors (Lipinski definition) is 4. The Morgan fingerprint density at radius 1 is 1.35 bits per heavy atom. The Kier molecular flexibility index (Phi) is 4.68. The molecular weight excluding hydrogens is 272 g/mol. The molecule has 0 radical (unpaired) electrons. The zero-order chi connectivity index (χ0) is 14.5. The van der Waals surface area contributed by atoms with Crippen LogP contribution >= 0.6 is 11.3 Å². The van der Waals surface area contributed by atoms with Crippen LogP contribution in [0.3, 0.4) is 0 Å². The van der Waals surface area contributed by atoms with Crippen molar-refractivity contribution in [2.24, 2.45) is 0 Å². The lowest BCUT2D eigenvalue weighted by Crippen LogP contribution is -2.28. The van der Waals surface area contributed by atoms with Crippen LogP contribution in [0.25, 0.3) is 0 Å². The largest absolute Gasteiger partial charge is 0.334 e. The number of aromatic nitrogens is 2. The van der Waals surface area contributed by atoms with Crippen molar-refractivity contribution in [2.45, 2.75) is 33.7 Å². The van der Waals surface area contributed by atoms with E-state index in [1.807, 2.05) is 32.9 Å². The molecule has 0 bridgehead atoms. The Balaban J connectivity index is 1.92. The van der Waals surface area contributed by atoms with Crippen LogP contribution in [0.15, 0.2) is 18.3 Å². The van der Waals surface area contributed by atoms with Crippen LogP contribution in [0.4, 0.5) is 9.80 Å². The van der Waals surface area contributed by atoms with Crippen molar-refractivity contribution in [3.63, 3.8) is 0 Å². The Labute approximate surface area is 122 Å². The van der Waals surface area contributed by atoms with Gasteiger partial charge >= 0.3 is 6.03 Å². The fourth-order valence-corrected chi connectivity index (χ4v) is 2.65. The van der Waals surface area contributed by atoms with Gasteiger partial charge in [0.15, 0.2) is 0 Å². The zero-order valence-electron chi connectivity index (χ0n) is 11.9. The van der Waals surface area contributed by atoms with Gasteiger partial charge in [0.1, 0.15) is 5.00 Å². The van der Waals surface area contributed by atoms with Crippen LogP contribution in [-0.4, -0.2) is 16.0 Å². The molecule has 2 aromatic heterocycles. The molecule has 2 amide bonds. The smallest absolute Gasteiger partial charge is 0.320 e. The summed E-state index contributed by atoms with van der Waals surface area (Å²) >= 11 is 1.52. The normalized spacial score (nSPS) is 10.3. The summed E-state index contributed by atoms with van der Waals surface area (Å²) in [5.41, 5.74) is 2.80. The third-order valence-corrected chi connectivity index (χ3v) is 4.14. The number of rotatable bonds is 4. The summed E-state index contributed by atoms with van der Waals surface area (Å²) < 4.78 is 0. The molecule has 0 aliphatic rings. The highest BCUT2D eigenvalue weighted by molar-refractivity contribution is 7.16. The highest BCUT2D eigenvalue weighted by Crippen LogP contribution is 2.23. The highest BCUT2D eigenvalue weighted by Gasteiger charge is 2.10. The fourth-order valence-electron chi connectivity index (χ4n) is 1.75. The molecule has 2 N–H and O–H groups in total. The van der Waals surface area contributed by atoms with Crippen molar-refractivity contribution in [1.82, 2.24) is 15.3 Å². The molecule has 0 saturated carbocycles. The quantitative estimate of drug-likeness (QED) is 0.909. The van der Waals surface area contributed by atoms with Gasteiger partial charge in [-0.15, -0.1) is 11.3 Å². The molecule has 5 nitrogen and oxygen atoms in total. The number of anilines is 1. The van der Waals surface area contributed by atoms with Gasteiger partial charge < -0.3 is 5.32 Å². The number of urea groups is 1. The first kappa shape index (κ1) is 14.5. The summed E-state index contributed by atoms with van der Waals surface area (Å²) in [6.45, 7) is 6.34. The topological polar surface area (TPSA) is 66.9 Å². The van der Waals surface area contributed by atoms with E-state index < -0.39 is 0 Å². The number of nitrogens with one attached hydrogen (secondary N) is 2. The van der Waals surface area contributed by atoms with Gasteiger partial charge in [-0.25, -0.2) is 9.78 Å². The van der Waals surface area contributed by atoms with E-state index in [0.717, 1.165) is 33.4 Å². The minimum atomic E-state index is -0.220. The van der Waals surface area contributed by atoms with Crippen molar-refractivity contribution in [1.29, 1.82) is 0 Å². The second-order valence-corrected chi connectivity index (χ2v) is 5.51. The molecule has 0 spiro atoms. The van der Waals surface area contributed by atoms with Crippen LogP contribution < -0.4 is 10.6 Å². The standard InChI is InChI=1S/C14H18N4OS/c1-4-12-17-10(3)13(20-12)18-14(19)16-8-11-6-5-7-15-9(11)2/h5-7H,4,8H2,1-3H3,(H2,16,18,19). The lowest BCUT2D eigenvalue weighted by atomic mass is 10.2. The molecule has 0 aliphatic heterocycles. The molecule has 106 valence electrons. The second-order valence-electron chi connectivity index (χ2n) is 4.43. The molecular formula is C14H18N4OS. The van der Waals surface area contributed by atoms with E-state index in [0.29, 0.717) is 6.54 Å². The van der Waals surface area contributed by atoms with Crippen molar-refractivity contribution in [3.05, 3.63) is 40.3 Å². The Morgan fingerprint density at radius 3 is 2.80 bits per heavy atom. The maximum absolute atomic E-state index is 11.9. The van der Waals surface area contributed by atoms with Crippen LogP contribution in [0.5, 0.6) is 0 Å². The fraction of sp³-hybridized carbons (Fsp3) is 0.357. The molecule has 0 saturated heterocycles. The van der Waals surface area contributed by atoms with Crippen LogP contribution in [0, 0.1) is 13.8 Å². The predicted octanol–water partition coefficient (Wildman–Crippen LogP) is 3.04. The Hall–Kier alpha value is -1.95. The molecule has 2 aromatic rings. The van der Waals surface area contributed by atoms with Crippen molar-refractivity contribution < 1.29 is 4.79 Å². The number of carbonyl (C=O) groups is 1. The first-order valence-corrected chi connectivity index (χ1v) is 7.33. The lowest BCUT2D eigenvalue weighted by molar-refractivity contribution is 0.252. The molecule has 0 aliphatic carbocycles. The van der Waals surface area contributed by atoms with Crippen LogP contribution in [0.2, 0.25) is 0 Å². The zero-order valence-corrected chi connectivity index (χ0v) is 12.7. The summed E-state index contributed by atoms with van der Waals surface area (Å²) in [6.07, 6.45) is 2.62. The molecule has 0 atom stereocenters. The molecule has 0 unspecified atom stereocenters. The average Bonchev–Trinajstić information content (AvgIpc) is 2.78. The SMILES string of the molecule is CCc1nc(C)c(NC(=O)NCc2cccnc2C)s1. The number of aryl methyl sites for hydroxylation is 3. The van der Waals surface area contributed by atoms with Crippen molar-refractivity contribution in [3.8, 4) is 0 Å². The summed E-state index contributed by atoms with van der Waals surface area (Å²) in [5.74, 6) is 0. The summed E-state index contributed by atoms with van der Waals surface area (Å²) in [6, 6.07) is 3.60. The second kappa shape index (κ2) is 6.47. The number of thiazole rings is 1. The Morgan fingerprint density at radius 2 is 2.15 bits per heavy atom. The molecule has 6 heteroatoms. The summed E-state index contributed by atoms with van der Waals surface area (Å²) in [4.78, 5) is 20.5. The third-order valence-electron chi connectivity index (χ3n) is 2.93. The van der Waals surface area contributed by atoms with E-state index in [2.05, 4.69) is 20.6 Å². The number of carbonyl (C=O) groups excluding carboxylic acids is 1. The maximum Gasteiger partial charge on any atom is 0.320 e. The van der Waals surface area contributed by atoms with E-state index in [1.165, 1.54) is 11.3 Å². The van der Waals surface area contributed by atoms with Gasteiger partial charge in [0.25, 0.3) is 0 Å². The molecule has 2 rings (SSSR count). The van der Waals surface area contributed by atoms with Crippen molar-refractivity contribution >= 4 is 22.4 Å². The van der Waals surface area contributed by atoms with E-state index in [-0.39, 0.29) is 6.03 Å². The maximum atomic E-state index is 11.9. The number of hydrogen-bond donors (Lipinski definition) is 2. The molecule has 0 aromatic carbocycles. The highest BCUT2D eigenvalue weighted by atomic mass is 32.1. The minimum Gasteiger partial charge on any atom is -0.334 e. The molecule has 20 heavy (non-hydrogen) atoms. The van der Waals surface area contributed by atoms with E-state index in [9.17, 15) is 4.79 Å². The van der Waals surface area contributed by atoms with Crippen LogP contribution in [0.1, 0.15) is 28.9 Å². The van der Waals surface area contributed by atoms with Gasteiger partial charge in [0, 0.05) is 18.4 Å². The molecule has 2 heterocycles. The van der Waals surface area contributed by atoms with Crippen molar-refractivity contribution in [2.75, 3.05) is 5.32 Å². The predicted molar refractivity (Wildman–Crippen MR) is 81.1 cm³/mol. The van der Waals surface area contributed by atoms with Gasteiger partial charge in [0.2, 0.25) is 0 Å². The monoisotopic (exact) mass is 290 g/mol.